The largest absolute Gasteiger partial charge is 0.480 e. The first-order valence-corrected chi connectivity index (χ1v) is 5.92. The second kappa shape index (κ2) is 5.48. The Hall–Kier alpha value is -1.42. The van der Waals surface area contributed by atoms with E-state index in [0.29, 0.717) is 12.1 Å². The number of aryl methyl sites for hydroxylation is 1. The highest BCUT2D eigenvalue weighted by Gasteiger charge is 2.23. The van der Waals surface area contributed by atoms with Crippen LogP contribution in [0.25, 0.3) is 0 Å². The molecule has 1 aromatic carbocycles. The standard InChI is InChI=1S/C14H20FNO2/c1-10-7-11(5-6-12(10)15)8-16(9-13(17)18)14(2,3)4/h5-7H,8-9H2,1-4H3,(H,17,18). The summed E-state index contributed by atoms with van der Waals surface area (Å²) < 4.78 is 13.2. The molecule has 0 saturated carbocycles. The molecule has 0 atom stereocenters. The zero-order valence-electron chi connectivity index (χ0n) is 11.3. The molecule has 0 aliphatic rings. The number of halogens is 1. The number of carbonyl (C=O) groups is 1. The van der Waals surface area contributed by atoms with Crippen molar-refractivity contribution < 1.29 is 14.3 Å². The lowest BCUT2D eigenvalue weighted by Crippen LogP contribution is -2.43. The Labute approximate surface area is 107 Å². The molecule has 100 valence electrons. The third kappa shape index (κ3) is 4.11. The zero-order valence-corrected chi connectivity index (χ0v) is 11.3. The van der Waals surface area contributed by atoms with Crippen molar-refractivity contribution in [3.8, 4) is 0 Å². The molecule has 0 heterocycles. The number of benzene rings is 1. The van der Waals surface area contributed by atoms with Gasteiger partial charge in [0.05, 0.1) is 6.54 Å². The number of carboxylic acids is 1. The topological polar surface area (TPSA) is 40.5 Å². The third-order valence-electron chi connectivity index (χ3n) is 2.87. The molecule has 0 radical (unpaired) electrons. The van der Waals surface area contributed by atoms with Gasteiger partial charge in [0.2, 0.25) is 0 Å². The number of rotatable bonds is 4. The van der Waals surface area contributed by atoms with Gasteiger partial charge in [0.1, 0.15) is 5.82 Å². The van der Waals surface area contributed by atoms with Crippen LogP contribution in [0.1, 0.15) is 31.9 Å². The van der Waals surface area contributed by atoms with Crippen molar-refractivity contribution in [3.05, 3.63) is 35.1 Å². The summed E-state index contributed by atoms with van der Waals surface area (Å²) in [6.45, 7) is 8.07. The minimum Gasteiger partial charge on any atom is -0.480 e. The highest BCUT2D eigenvalue weighted by atomic mass is 19.1. The molecule has 0 unspecified atom stereocenters. The number of nitrogens with zero attached hydrogens (tertiary/aromatic N) is 1. The van der Waals surface area contributed by atoms with Gasteiger partial charge >= 0.3 is 5.97 Å². The fraction of sp³-hybridized carbons (Fsp3) is 0.500. The summed E-state index contributed by atoms with van der Waals surface area (Å²) in [6, 6.07) is 4.88. The quantitative estimate of drug-likeness (QED) is 0.897. The van der Waals surface area contributed by atoms with Crippen LogP contribution in [-0.2, 0) is 11.3 Å². The monoisotopic (exact) mass is 253 g/mol. The molecular weight excluding hydrogens is 233 g/mol. The van der Waals surface area contributed by atoms with Crippen molar-refractivity contribution in [2.75, 3.05) is 6.54 Å². The molecule has 0 aliphatic heterocycles. The molecule has 1 N–H and O–H groups in total. The number of hydrogen-bond acceptors (Lipinski definition) is 2. The lowest BCUT2D eigenvalue weighted by molar-refractivity contribution is -0.139. The summed E-state index contributed by atoms with van der Waals surface area (Å²) in [4.78, 5) is 12.7. The van der Waals surface area contributed by atoms with Gasteiger partial charge in [0, 0.05) is 12.1 Å². The molecule has 0 fully saturated rings. The average Bonchev–Trinajstić information content (AvgIpc) is 2.20. The molecule has 0 bridgehead atoms. The maximum atomic E-state index is 13.2. The Morgan fingerprint density at radius 3 is 2.44 bits per heavy atom. The minimum absolute atomic E-state index is 0.0279. The van der Waals surface area contributed by atoms with E-state index in [0.717, 1.165) is 5.56 Å². The second-order valence-corrected chi connectivity index (χ2v) is 5.50. The van der Waals surface area contributed by atoms with E-state index in [-0.39, 0.29) is 17.9 Å². The van der Waals surface area contributed by atoms with Crippen LogP contribution in [0, 0.1) is 12.7 Å². The first-order chi connectivity index (χ1) is 8.20. The van der Waals surface area contributed by atoms with Gasteiger partial charge in [0.25, 0.3) is 0 Å². The molecule has 0 spiro atoms. The van der Waals surface area contributed by atoms with Crippen LogP contribution in [0.15, 0.2) is 18.2 Å². The smallest absolute Gasteiger partial charge is 0.317 e. The fourth-order valence-electron chi connectivity index (χ4n) is 1.72. The van der Waals surface area contributed by atoms with Crippen molar-refractivity contribution in [1.82, 2.24) is 4.90 Å². The maximum absolute atomic E-state index is 13.2. The SMILES string of the molecule is Cc1cc(CN(CC(=O)O)C(C)(C)C)ccc1F. The maximum Gasteiger partial charge on any atom is 0.317 e. The van der Waals surface area contributed by atoms with Crippen LogP contribution < -0.4 is 0 Å². The fourth-order valence-corrected chi connectivity index (χ4v) is 1.72. The molecular formula is C14H20FNO2. The number of carboxylic acid groups (broad SMARTS) is 1. The first-order valence-electron chi connectivity index (χ1n) is 5.92. The summed E-state index contributed by atoms with van der Waals surface area (Å²) in [5.74, 6) is -1.09. The molecule has 0 aliphatic carbocycles. The molecule has 1 aromatic rings. The van der Waals surface area contributed by atoms with Gasteiger partial charge in [-0.1, -0.05) is 12.1 Å². The average molecular weight is 253 g/mol. The summed E-state index contributed by atoms with van der Waals surface area (Å²) >= 11 is 0. The van der Waals surface area contributed by atoms with Crippen LogP contribution in [0.4, 0.5) is 4.39 Å². The Bertz CT molecular complexity index is 438. The van der Waals surface area contributed by atoms with E-state index < -0.39 is 5.97 Å². The lowest BCUT2D eigenvalue weighted by atomic mass is 10.0. The van der Waals surface area contributed by atoms with Gasteiger partial charge in [-0.2, -0.15) is 0 Å². The van der Waals surface area contributed by atoms with E-state index in [1.54, 1.807) is 19.1 Å². The summed E-state index contributed by atoms with van der Waals surface area (Å²) in [7, 11) is 0. The minimum atomic E-state index is -0.858. The molecule has 1 rings (SSSR count). The van der Waals surface area contributed by atoms with Gasteiger partial charge in [-0.3, -0.25) is 9.69 Å². The Kier molecular flexibility index (Phi) is 4.46. The molecule has 3 nitrogen and oxygen atoms in total. The van der Waals surface area contributed by atoms with E-state index in [2.05, 4.69) is 0 Å². The highest BCUT2D eigenvalue weighted by molar-refractivity contribution is 5.69. The van der Waals surface area contributed by atoms with Gasteiger partial charge in [0.15, 0.2) is 0 Å². The van der Waals surface area contributed by atoms with E-state index in [9.17, 15) is 9.18 Å². The Balaban J connectivity index is 2.89. The Morgan fingerprint density at radius 1 is 1.39 bits per heavy atom. The van der Waals surface area contributed by atoms with Crippen LogP contribution in [0.2, 0.25) is 0 Å². The third-order valence-corrected chi connectivity index (χ3v) is 2.87. The zero-order chi connectivity index (χ0) is 13.9. The number of hydrogen-bond donors (Lipinski definition) is 1. The van der Waals surface area contributed by atoms with Crippen LogP contribution in [0.5, 0.6) is 0 Å². The molecule has 4 heteroatoms. The summed E-state index contributed by atoms with van der Waals surface area (Å²) in [5.41, 5.74) is 1.25. The van der Waals surface area contributed by atoms with Gasteiger partial charge < -0.3 is 5.11 Å². The van der Waals surface area contributed by atoms with E-state index >= 15 is 0 Å². The van der Waals surface area contributed by atoms with Crippen molar-refractivity contribution in [2.24, 2.45) is 0 Å². The van der Waals surface area contributed by atoms with Crippen LogP contribution >= 0.6 is 0 Å². The second-order valence-electron chi connectivity index (χ2n) is 5.50. The summed E-state index contributed by atoms with van der Waals surface area (Å²) in [6.07, 6.45) is 0. The van der Waals surface area contributed by atoms with Gasteiger partial charge in [-0.25, -0.2) is 4.39 Å². The van der Waals surface area contributed by atoms with Crippen LogP contribution in [0.3, 0.4) is 0 Å². The molecule has 18 heavy (non-hydrogen) atoms. The molecule has 0 saturated heterocycles. The van der Waals surface area contributed by atoms with Crippen molar-refractivity contribution >= 4 is 5.97 Å². The first kappa shape index (κ1) is 14.6. The van der Waals surface area contributed by atoms with Gasteiger partial charge in [-0.15, -0.1) is 0 Å². The normalized spacial score (nSPS) is 11.9. The molecule has 0 aromatic heterocycles. The van der Waals surface area contributed by atoms with Crippen molar-refractivity contribution in [1.29, 1.82) is 0 Å². The van der Waals surface area contributed by atoms with Crippen molar-refractivity contribution in [3.63, 3.8) is 0 Å². The number of aliphatic carboxylic acids is 1. The van der Waals surface area contributed by atoms with E-state index in [4.69, 9.17) is 5.11 Å². The van der Waals surface area contributed by atoms with Crippen molar-refractivity contribution in [2.45, 2.75) is 39.8 Å². The van der Waals surface area contributed by atoms with Crippen LogP contribution in [-0.4, -0.2) is 28.1 Å². The summed E-state index contributed by atoms with van der Waals surface area (Å²) in [5, 5.41) is 8.92. The lowest BCUT2D eigenvalue weighted by Gasteiger charge is -2.34. The Morgan fingerprint density at radius 2 is 2.00 bits per heavy atom. The van der Waals surface area contributed by atoms with E-state index in [1.807, 2.05) is 25.7 Å². The predicted octanol–water partition coefficient (Wildman–Crippen LogP) is 2.82. The predicted molar refractivity (Wildman–Crippen MR) is 68.9 cm³/mol. The highest BCUT2D eigenvalue weighted by Crippen LogP contribution is 2.18. The molecule has 0 amide bonds. The van der Waals surface area contributed by atoms with E-state index in [1.165, 1.54) is 6.07 Å². The van der Waals surface area contributed by atoms with Gasteiger partial charge in [-0.05, 0) is 44.9 Å².